The maximum absolute atomic E-state index is 11.6. The number of rotatable bonds is 4. The summed E-state index contributed by atoms with van der Waals surface area (Å²) >= 11 is 0. The van der Waals surface area contributed by atoms with Crippen LogP contribution in [0.3, 0.4) is 0 Å². The summed E-state index contributed by atoms with van der Waals surface area (Å²) in [7, 11) is 0. The van der Waals surface area contributed by atoms with E-state index in [-0.39, 0.29) is 11.9 Å². The predicted octanol–water partition coefficient (Wildman–Crippen LogP) is 2.42. The molecule has 0 radical (unpaired) electrons. The van der Waals surface area contributed by atoms with Crippen LogP contribution in [0.1, 0.15) is 20.8 Å². The largest absolute Gasteiger partial charge is 0.500 e. The number of H-pyrrole nitrogens is 1. The maximum Gasteiger partial charge on any atom is 0.294 e. The summed E-state index contributed by atoms with van der Waals surface area (Å²) in [5.41, 5.74) is 0.00190. The van der Waals surface area contributed by atoms with Gasteiger partial charge in [0.15, 0.2) is 5.75 Å². The van der Waals surface area contributed by atoms with E-state index < -0.39 is 11.3 Å². The van der Waals surface area contributed by atoms with Crippen molar-refractivity contribution in [2.45, 2.75) is 26.9 Å². The SMILES string of the molecule is CCOc1c(O)c(=O)[nH]c2cc(OC(C)C)ccc12. The number of aromatic hydroxyl groups is 1. The summed E-state index contributed by atoms with van der Waals surface area (Å²) in [6.45, 7) is 6.02. The first-order chi connectivity index (χ1) is 9.02. The van der Waals surface area contributed by atoms with Gasteiger partial charge in [-0.25, -0.2) is 0 Å². The first-order valence-corrected chi connectivity index (χ1v) is 6.21. The summed E-state index contributed by atoms with van der Waals surface area (Å²) in [5.74, 6) is 0.468. The fraction of sp³-hybridized carbons (Fsp3) is 0.357. The fourth-order valence-corrected chi connectivity index (χ4v) is 1.87. The summed E-state index contributed by atoms with van der Waals surface area (Å²) in [4.78, 5) is 14.2. The third kappa shape index (κ3) is 2.65. The zero-order valence-corrected chi connectivity index (χ0v) is 11.2. The van der Waals surface area contributed by atoms with Crippen molar-refractivity contribution >= 4 is 10.9 Å². The first-order valence-electron chi connectivity index (χ1n) is 6.21. The van der Waals surface area contributed by atoms with Gasteiger partial charge in [0.2, 0.25) is 5.75 Å². The molecule has 0 saturated carbocycles. The average molecular weight is 263 g/mol. The van der Waals surface area contributed by atoms with Gasteiger partial charge in [0.1, 0.15) is 5.75 Å². The second-order valence-electron chi connectivity index (χ2n) is 4.44. The second-order valence-corrected chi connectivity index (χ2v) is 4.44. The normalized spacial score (nSPS) is 10.9. The van der Waals surface area contributed by atoms with E-state index in [0.29, 0.717) is 23.3 Å². The van der Waals surface area contributed by atoms with Crippen LogP contribution in [0.4, 0.5) is 0 Å². The Kier molecular flexibility index (Phi) is 3.64. The molecule has 0 aliphatic heterocycles. The molecule has 0 aliphatic rings. The predicted molar refractivity (Wildman–Crippen MR) is 73.2 cm³/mol. The van der Waals surface area contributed by atoms with Crippen LogP contribution in [0.25, 0.3) is 10.9 Å². The lowest BCUT2D eigenvalue weighted by Crippen LogP contribution is -2.09. The Bertz CT molecular complexity index is 646. The van der Waals surface area contributed by atoms with Gasteiger partial charge in [-0.05, 0) is 32.9 Å². The summed E-state index contributed by atoms with van der Waals surface area (Å²) in [5, 5.41) is 10.4. The zero-order chi connectivity index (χ0) is 14.0. The van der Waals surface area contributed by atoms with Gasteiger partial charge in [0, 0.05) is 11.5 Å². The Balaban J connectivity index is 2.61. The fourth-order valence-electron chi connectivity index (χ4n) is 1.87. The molecule has 0 atom stereocenters. The molecule has 0 spiro atoms. The van der Waals surface area contributed by atoms with Crippen molar-refractivity contribution in [3.8, 4) is 17.2 Å². The summed E-state index contributed by atoms with van der Waals surface area (Å²) < 4.78 is 10.9. The quantitative estimate of drug-likeness (QED) is 0.888. The highest BCUT2D eigenvalue weighted by Crippen LogP contribution is 2.32. The Labute approximate surface area is 110 Å². The Morgan fingerprint density at radius 1 is 1.37 bits per heavy atom. The number of nitrogens with one attached hydrogen (secondary N) is 1. The molecule has 0 bridgehead atoms. The first kappa shape index (κ1) is 13.3. The van der Waals surface area contributed by atoms with Crippen molar-refractivity contribution in [2.75, 3.05) is 6.61 Å². The molecule has 19 heavy (non-hydrogen) atoms. The third-order valence-electron chi connectivity index (χ3n) is 2.57. The molecule has 0 fully saturated rings. The smallest absolute Gasteiger partial charge is 0.294 e. The minimum Gasteiger partial charge on any atom is -0.500 e. The monoisotopic (exact) mass is 263 g/mol. The molecule has 0 aliphatic carbocycles. The average Bonchev–Trinajstić information content (AvgIpc) is 2.34. The van der Waals surface area contributed by atoms with Gasteiger partial charge in [0.25, 0.3) is 5.56 Å². The lowest BCUT2D eigenvalue weighted by molar-refractivity contribution is 0.242. The number of fused-ring (bicyclic) bond motifs is 1. The molecule has 1 aromatic carbocycles. The van der Waals surface area contributed by atoms with Crippen molar-refractivity contribution in [1.82, 2.24) is 4.98 Å². The Morgan fingerprint density at radius 2 is 2.11 bits per heavy atom. The number of aromatic nitrogens is 1. The molecular weight excluding hydrogens is 246 g/mol. The third-order valence-corrected chi connectivity index (χ3v) is 2.57. The van der Waals surface area contributed by atoms with Gasteiger partial charge < -0.3 is 19.6 Å². The van der Waals surface area contributed by atoms with Crippen LogP contribution in [-0.2, 0) is 0 Å². The topological polar surface area (TPSA) is 71.5 Å². The molecule has 2 N–H and O–H groups in total. The second kappa shape index (κ2) is 5.22. The molecule has 5 nitrogen and oxygen atoms in total. The molecule has 0 amide bonds. The molecule has 5 heteroatoms. The minimum absolute atomic E-state index is 0.0487. The van der Waals surface area contributed by atoms with Crippen molar-refractivity contribution in [1.29, 1.82) is 0 Å². The van der Waals surface area contributed by atoms with Crippen molar-refractivity contribution in [3.05, 3.63) is 28.6 Å². The Morgan fingerprint density at radius 3 is 2.74 bits per heavy atom. The van der Waals surface area contributed by atoms with E-state index in [0.717, 1.165) is 0 Å². The Hall–Kier alpha value is -2.17. The number of pyridine rings is 1. The van der Waals surface area contributed by atoms with Gasteiger partial charge in [0.05, 0.1) is 18.2 Å². The number of hydrogen-bond donors (Lipinski definition) is 2. The zero-order valence-electron chi connectivity index (χ0n) is 11.2. The molecule has 2 aromatic rings. The summed E-state index contributed by atoms with van der Waals surface area (Å²) in [6, 6.07) is 5.26. The number of ether oxygens (including phenoxy) is 2. The van der Waals surface area contributed by atoms with Crippen molar-refractivity contribution < 1.29 is 14.6 Å². The molecule has 1 heterocycles. The highest BCUT2D eigenvalue weighted by Gasteiger charge is 2.13. The molecule has 0 saturated heterocycles. The van der Waals surface area contributed by atoms with Gasteiger partial charge >= 0.3 is 0 Å². The van der Waals surface area contributed by atoms with E-state index in [2.05, 4.69) is 4.98 Å². The van der Waals surface area contributed by atoms with Crippen LogP contribution >= 0.6 is 0 Å². The van der Waals surface area contributed by atoms with Gasteiger partial charge in [-0.15, -0.1) is 0 Å². The van der Waals surface area contributed by atoms with E-state index in [1.54, 1.807) is 25.1 Å². The van der Waals surface area contributed by atoms with Crippen LogP contribution in [0.15, 0.2) is 23.0 Å². The van der Waals surface area contributed by atoms with Crippen LogP contribution in [0.5, 0.6) is 17.2 Å². The van der Waals surface area contributed by atoms with E-state index in [4.69, 9.17) is 9.47 Å². The highest BCUT2D eigenvalue weighted by molar-refractivity contribution is 5.88. The minimum atomic E-state index is -0.572. The number of aromatic amines is 1. The maximum atomic E-state index is 11.6. The molecule has 0 unspecified atom stereocenters. The number of hydrogen-bond acceptors (Lipinski definition) is 4. The van der Waals surface area contributed by atoms with Crippen molar-refractivity contribution in [3.63, 3.8) is 0 Å². The van der Waals surface area contributed by atoms with Crippen molar-refractivity contribution in [2.24, 2.45) is 0 Å². The molecule has 2 rings (SSSR count). The van der Waals surface area contributed by atoms with E-state index in [1.165, 1.54) is 0 Å². The number of benzene rings is 1. The van der Waals surface area contributed by atoms with Crippen LogP contribution in [-0.4, -0.2) is 22.8 Å². The molecule has 1 aromatic heterocycles. The summed E-state index contributed by atoms with van der Waals surface area (Å²) in [6.07, 6.45) is 0.0487. The highest BCUT2D eigenvalue weighted by atomic mass is 16.5. The van der Waals surface area contributed by atoms with E-state index in [1.807, 2.05) is 13.8 Å². The van der Waals surface area contributed by atoms with Crippen LogP contribution in [0.2, 0.25) is 0 Å². The molecular formula is C14H17NO4. The standard InChI is InChI=1S/C14H17NO4/c1-4-18-13-10-6-5-9(19-8(2)3)7-11(10)15-14(17)12(13)16/h5-8,16H,4H2,1-3H3,(H,15,17). The lowest BCUT2D eigenvalue weighted by Gasteiger charge is -2.12. The van der Waals surface area contributed by atoms with Gasteiger partial charge in [-0.3, -0.25) is 4.79 Å². The van der Waals surface area contributed by atoms with Crippen LogP contribution < -0.4 is 15.0 Å². The van der Waals surface area contributed by atoms with Crippen LogP contribution in [0, 0.1) is 0 Å². The van der Waals surface area contributed by atoms with E-state index >= 15 is 0 Å². The molecule has 102 valence electrons. The van der Waals surface area contributed by atoms with E-state index in [9.17, 15) is 9.90 Å². The lowest BCUT2D eigenvalue weighted by atomic mass is 10.2. The van der Waals surface area contributed by atoms with Gasteiger partial charge in [-0.2, -0.15) is 0 Å². The van der Waals surface area contributed by atoms with Gasteiger partial charge in [-0.1, -0.05) is 0 Å².